The van der Waals surface area contributed by atoms with Crippen LogP contribution in [0.15, 0.2) is 0 Å². The number of aromatic nitrogens is 3. The zero-order chi connectivity index (χ0) is 11.5. The smallest absolute Gasteiger partial charge is 0.156 e. The molecule has 4 aliphatic carbocycles. The standard InChI is InChI=1S/C13H19N3O/c17-7-11-14-12(16-15-11)13-4-8-1-9(5-13)3-10(2-8)6-13/h8-10,17H,1-7H2,(H,14,15,16). The predicted octanol–water partition coefficient (Wildman–Crippen LogP) is 1.76. The lowest BCUT2D eigenvalue weighted by Crippen LogP contribution is -2.49. The quantitative estimate of drug-likeness (QED) is 0.818. The Hall–Kier alpha value is -0.900. The van der Waals surface area contributed by atoms with E-state index in [0.29, 0.717) is 5.82 Å². The summed E-state index contributed by atoms with van der Waals surface area (Å²) >= 11 is 0. The van der Waals surface area contributed by atoms with Crippen LogP contribution in [0, 0.1) is 17.8 Å². The third-order valence-corrected chi connectivity index (χ3v) is 5.19. The zero-order valence-electron chi connectivity index (χ0n) is 10.0. The summed E-state index contributed by atoms with van der Waals surface area (Å²) in [6.07, 6.45) is 8.16. The van der Waals surface area contributed by atoms with Crippen LogP contribution in [0.4, 0.5) is 0 Å². The topological polar surface area (TPSA) is 61.8 Å². The van der Waals surface area contributed by atoms with Gasteiger partial charge < -0.3 is 5.11 Å². The minimum atomic E-state index is -0.0284. The van der Waals surface area contributed by atoms with Gasteiger partial charge in [-0.2, -0.15) is 5.10 Å². The molecule has 92 valence electrons. The first-order valence-electron chi connectivity index (χ1n) is 6.80. The van der Waals surface area contributed by atoms with Crippen molar-refractivity contribution in [2.75, 3.05) is 0 Å². The highest BCUT2D eigenvalue weighted by atomic mass is 16.3. The van der Waals surface area contributed by atoms with Gasteiger partial charge in [0.15, 0.2) is 5.82 Å². The zero-order valence-corrected chi connectivity index (χ0v) is 10.0. The molecule has 0 spiro atoms. The van der Waals surface area contributed by atoms with Crippen molar-refractivity contribution in [2.24, 2.45) is 17.8 Å². The van der Waals surface area contributed by atoms with E-state index in [4.69, 9.17) is 5.11 Å². The lowest BCUT2D eigenvalue weighted by Gasteiger charge is -2.55. The Balaban J connectivity index is 1.72. The van der Waals surface area contributed by atoms with E-state index in [2.05, 4.69) is 15.2 Å². The van der Waals surface area contributed by atoms with Crippen molar-refractivity contribution >= 4 is 0 Å². The van der Waals surface area contributed by atoms with Crippen molar-refractivity contribution in [3.8, 4) is 0 Å². The van der Waals surface area contributed by atoms with E-state index >= 15 is 0 Å². The first-order chi connectivity index (χ1) is 8.27. The monoisotopic (exact) mass is 233 g/mol. The first kappa shape index (κ1) is 10.1. The molecule has 0 aromatic carbocycles. The van der Waals surface area contributed by atoms with Crippen LogP contribution in [-0.4, -0.2) is 20.3 Å². The molecule has 1 heterocycles. The highest BCUT2D eigenvalue weighted by Crippen LogP contribution is 2.60. The summed E-state index contributed by atoms with van der Waals surface area (Å²) in [5, 5.41) is 16.3. The van der Waals surface area contributed by atoms with Crippen LogP contribution in [0.2, 0.25) is 0 Å². The molecule has 0 aliphatic heterocycles. The van der Waals surface area contributed by atoms with Crippen molar-refractivity contribution < 1.29 is 5.11 Å². The predicted molar refractivity (Wildman–Crippen MR) is 62.2 cm³/mol. The summed E-state index contributed by atoms with van der Waals surface area (Å²) in [4.78, 5) is 4.50. The van der Waals surface area contributed by atoms with E-state index in [0.717, 1.165) is 23.6 Å². The van der Waals surface area contributed by atoms with E-state index in [-0.39, 0.29) is 12.0 Å². The molecule has 17 heavy (non-hydrogen) atoms. The summed E-state index contributed by atoms with van der Waals surface area (Å²) in [7, 11) is 0. The number of nitrogens with one attached hydrogen (secondary N) is 1. The van der Waals surface area contributed by atoms with Gasteiger partial charge in [-0.05, 0) is 56.3 Å². The lowest BCUT2D eigenvalue weighted by atomic mass is 9.49. The molecule has 4 saturated carbocycles. The van der Waals surface area contributed by atoms with Crippen molar-refractivity contribution in [1.29, 1.82) is 0 Å². The number of H-pyrrole nitrogens is 1. The van der Waals surface area contributed by atoms with Crippen LogP contribution in [0.25, 0.3) is 0 Å². The molecule has 0 saturated heterocycles. The number of aliphatic hydroxyl groups is 1. The van der Waals surface area contributed by atoms with Gasteiger partial charge in [-0.3, -0.25) is 5.10 Å². The van der Waals surface area contributed by atoms with Gasteiger partial charge >= 0.3 is 0 Å². The van der Waals surface area contributed by atoms with Crippen molar-refractivity contribution in [3.63, 3.8) is 0 Å². The number of nitrogens with zero attached hydrogens (tertiary/aromatic N) is 2. The molecule has 4 heteroatoms. The Morgan fingerprint density at radius 3 is 2.18 bits per heavy atom. The molecule has 2 N–H and O–H groups in total. The maximum atomic E-state index is 9.10. The van der Waals surface area contributed by atoms with Crippen LogP contribution in [-0.2, 0) is 12.0 Å². The van der Waals surface area contributed by atoms with Crippen LogP contribution >= 0.6 is 0 Å². The molecule has 1 aromatic heterocycles. The maximum Gasteiger partial charge on any atom is 0.156 e. The Bertz CT molecular complexity index is 404. The summed E-state index contributed by atoms with van der Waals surface area (Å²) < 4.78 is 0. The molecule has 0 radical (unpaired) electrons. The maximum absolute atomic E-state index is 9.10. The molecule has 1 aromatic rings. The van der Waals surface area contributed by atoms with E-state index in [1.807, 2.05) is 0 Å². The Kier molecular flexibility index (Phi) is 1.96. The number of aliphatic hydroxyl groups excluding tert-OH is 1. The van der Waals surface area contributed by atoms with E-state index in [9.17, 15) is 0 Å². The molecule has 4 fully saturated rings. The average molecular weight is 233 g/mol. The van der Waals surface area contributed by atoms with Gasteiger partial charge in [0, 0.05) is 5.41 Å². The highest BCUT2D eigenvalue weighted by molar-refractivity contribution is 5.17. The van der Waals surface area contributed by atoms with Gasteiger partial charge in [-0.15, -0.1) is 0 Å². The normalized spacial score (nSPS) is 43.2. The van der Waals surface area contributed by atoms with Crippen molar-refractivity contribution in [3.05, 3.63) is 11.6 Å². The van der Waals surface area contributed by atoms with Gasteiger partial charge in [-0.1, -0.05) is 0 Å². The number of hydrogen-bond donors (Lipinski definition) is 2. The molecule has 0 unspecified atom stereocenters. The summed E-state index contributed by atoms with van der Waals surface area (Å²) in [5.41, 5.74) is 0.249. The second-order valence-corrected chi connectivity index (χ2v) is 6.46. The minimum Gasteiger partial charge on any atom is -0.388 e. The van der Waals surface area contributed by atoms with Gasteiger partial charge in [0.2, 0.25) is 0 Å². The van der Waals surface area contributed by atoms with Crippen LogP contribution < -0.4 is 0 Å². The van der Waals surface area contributed by atoms with E-state index in [1.54, 1.807) is 0 Å². The lowest BCUT2D eigenvalue weighted by molar-refractivity contribution is -0.00928. The van der Waals surface area contributed by atoms with Crippen LogP contribution in [0.3, 0.4) is 0 Å². The minimum absolute atomic E-state index is 0.0284. The molecule has 0 amide bonds. The number of aromatic amines is 1. The molecule has 0 atom stereocenters. The van der Waals surface area contributed by atoms with Crippen molar-refractivity contribution in [2.45, 2.75) is 50.5 Å². The SMILES string of the molecule is OCc1nc(C23CC4CC(CC(C4)C2)C3)n[nH]1. The Morgan fingerprint density at radius 1 is 1.12 bits per heavy atom. The van der Waals surface area contributed by atoms with Crippen LogP contribution in [0.5, 0.6) is 0 Å². The molecule has 4 bridgehead atoms. The van der Waals surface area contributed by atoms with Gasteiger partial charge in [-0.25, -0.2) is 4.98 Å². The second kappa shape index (κ2) is 3.31. The molecule has 4 aliphatic rings. The third-order valence-electron chi connectivity index (χ3n) is 5.19. The fourth-order valence-electron chi connectivity index (χ4n) is 4.99. The van der Waals surface area contributed by atoms with Crippen LogP contribution in [0.1, 0.15) is 50.2 Å². The number of hydrogen-bond acceptors (Lipinski definition) is 3. The Morgan fingerprint density at radius 2 is 1.71 bits per heavy atom. The van der Waals surface area contributed by atoms with Gasteiger partial charge in [0.05, 0.1) is 0 Å². The number of rotatable bonds is 2. The highest BCUT2D eigenvalue weighted by Gasteiger charge is 2.53. The first-order valence-corrected chi connectivity index (χ1v) is 6.80. The molecule has 5 rings (SSSR count). The second-order valence-electron chi connectivity index (χ2n) is 6.46. The summed E-state index contributed by atoms with van der Waals surface area (Å²) in [6, 6.07) is 0. The fourth-order valence-corrected chi connectivity index (χ4v) is 4.99. The van der Waals surface area contributed by atoms with E-state index in [1.165, 1.54) is 38.5 Å². The molecule has 4 nitrogen and oxygen atoms in total. The van der Waals surface area contributed by atoms with Crippen molar-refractivity contribution in [1.82, 2.24) is 15.2 Å². The largest absolute Gasteiger partial charge is 0.388 e. The molecular weight excluding hydrogens is 214 g/mol. The Labute approximate surface area is 101 Å². The summed E-state index contributed by atoms with van der Waals surface area (Å²) in [6.45, 7) is -0.0284. The average Bonchev–Trinajstić information content (AvgIpc) is 2.76. The fraction of sp³-hybridized carbons (Fsp3) is 0.846. The molecular formula is C13H19N3O. The van der Waals surface area contributed by atoms with Gasteiger partial charge in [0.1, 0.15) is 12.4 Å². The van der Waals surface area contributed by atoms with Gasteiger partial charge in [0.25, 0.3) is 0 Å². The third kappa shape index (κ3) is 1.39. The van der Waals surface area contributed by atoms with E-state index < -0.39 is 0 Å². The summed E-state index contributed by atoms with van der Waals surface area (Å²) in [5.74, 6) is 4.35.